The molecule has 0 unspecified atom stereocenters. The lowest BCUT2D eigenvalue weighted by Gasteiger charge is -2.07. The summed E-state index contributed by atoms with van der Waals surface area (Å²) in [5.41, 5.74) is 0.341. The van der Waals surface area contributed by atoms with Gasteiger partial charge in [-0.25, -0.2) is 18.4 Å². The van der Waals surface area contributed by atoms with Crippen molar-refractivity contribution in [3.8, 4) is 0 Å². The monoisotopic (exact) mass is 394 g/mol. The average molecular weight is 395 g/mol. The van der Waals surface area contributed by atoms with Crippen molar-refractivity contribution in [3.63, 3.8) is 0 Å². The molecule has 0 heterocycles. The number of rotatable bonds is 5. The van der Waals surface area contributed by atoms with Crippen LogP contribution in [0.1, 0.15) is 5.56 Å². The zero-order valence-corrected chi connectivity index (χ0v) is 14.4. The summed E-state index contributed by atoms with van der Waals surface area (Å²) in [4.78, 5) is 34.7. The van der Waals surface area contributed by atoms with E-state index >= 15 is 0 Å². The number of esters is 1. The Balaban J connectivity index is 1.78. The second-order valence-corrected chi connectivity index (χ2v) is 5.50. The molecule has 140 valence electrons. The number of nitrogens with one attached hydrogen (secondary N) is 2. The Kier molecular flexibility index (Phi) is 7.01. The van der Waals surface area contributed by atoms with E-state index in [-0.39, 0.29) is 10.7 Å². The number of benzene rings is 2. The Morgan fingerprint density at radius 2 is 1.81 bits per heavy atom. The lowest BCUT2D eigenvalue weighted by molar-refractivity contribution is -0.143. The molecule has 0 aliphatic rings. The third-order valence-corrected chi connectivity index (χ3v) is 3.37. The highest BCUT2D eigenvalue weighted by Gasteiger charge is 2.11. The molecular weight excluding hydrogens is 382 g/mol. The summed E-state index contributed by atoms with van der Waals surface area (Å²) < 4.78 is 31.1. The fourth-order valence-electron chi connectivity index (χ4n) is 1.84. The smallest absolute Gasteiger partial charge is 0.331 e. The van der Waals surface area contributed by atoms with Gasteiger partial charge in [-0.05, 0) is 35.9 Å². The molecule has 2 aromatic carbocycles. The van der Waals surface area contributed by atoms with Crippen molar-refractivity contribution < 1.29 is 27.9 Å². The Bertz CT molecular complexity index is 903. The number of para-hydroxylation sites is 1. The lowest BCUT2D eigenvalue weighted by atomic mass is 10.2. The van der Waals surface area contributed by atoms with E-state index in [2.05, 4.69) is 10.1 Å². The van der Waals surface area contributed by atoms with Crippen LogP contribution in [0.5, 0.6) is 0 Å². The largest absolute Gasteiger partial charge is 0.452 e. The molecule has 2 rings (SSSR count). The standard InChI is InChI=1S/C18H13ClF2N2O4/c19-12-9-11(5-7-13(12)20)6-8-17(25)27-10-16(24)23-18(26)22-15-4-2-1-3-14(15)21/h1-9H,10H2,(H2,22,23,24,26)/b8-6+. The molecule has 6 nitrogen and oxygen atoms in total. The van der Waals surface area contributed by atoms with E-state index in [4.69, 9.17) is 11.6 Å². The van der Waals surface area contributed by atoms with Crippen LogP contribution in [0.25, 0.3) is 6.08 Å². The van der Waals surface area contributed by atoms with Crippen molar-refractivity contribution in [2.45, 2.75) is 0 Å². The van der Waals surface area contributed by atoms with Crippen LogP contribution in [0.3, 0.4) is 0 Å². The van der Waals surface area contributed by atoms with E-state index in [9.17, 15) is 23.2 Å². The molecule has 27 heavy (non-hydrogen) atoms. The van der Waals surface area contributed by atoms with Gasteiger partial charge in [0.05, 0.1) is 10.7 Å². The van der Waals surface area contributed by atoms with Crippen molar-refractivity contribution in [1.82, 2.24) is 5.32 Å². The van der Waals surface area contributed by atoms with Crippen molar-refractivity contribution in [2.24, 2.45) is 0 Å². The number of halogens is 3. The molecule has 0 radical (unpaired) electrons. The van der Waals surface area contributed by atoms with Gasteiger partial charge in [0.15, 0.2) is 6.61 Å². The highest BCUT2D eigenvalue weighted by atomic mass is 35.5. The van der Waals surface area contributed by atoms with Crippen LogP contribution < -0.4 is 10.6 Å². The van der Waals surface area contributed by atoms with Gasteiger partial charge >= 0.3 is 12.0 Å². The third-order valence-electron chi connectivity index (χ3n) is 3.08. The van der Waals surface area contributed by atoms with E-state index in [0.29, 0.717) is 5.56 Å². The maximum Gasteiger partial charge on any atom is 0.331 e. The Morgan fingerprint density at radius 3 is 2.52 bits per heavy atom. The summed E-state index contributed by atoms with van der Waals surface area (Å²) in [6, 6.07) is 8.25. The fourth-order valence-corrected chi connectivity index (χ4v) is 2.03. The van der Waals surface area contributed by atoms with Gasteiger partial charge in [-0.1, -0.05) is 29.8 Å². The maximum absolute atomic E-state index is 13.4. The normalized spacial score (nSPS) is 10.5. The SMILES string of the molecule is O=C(COC(=O)/C=C/c1ccc(F)c(Cl)c1)NC(=O)Nc1ccccc1F. The van der Waals surface area contributed by atoms with E-state index in [1.165, 1.54) is 36.4 Å². The van der Waals surface area contributed by atoms with Crippen molar-refractivity contribution in [3.05, 3.63) is 70.8 Å². The first kappa shape index (κ1) is 20.1. The second-order valence-electron chi connectivity index (χ2n) is 5.10. The molecular formula is C18H13ClF2N2O4. The van der Waals surface area contributed by atoms with E-state index in [0.717, 1.165) is 18.2 Å². The Hall–Kier alpha value is -3.26. The molecule has 0 spiro atoms. The minimum absolute atomic E-state index is 0.106. The van der Waals surface area contributed by atoms with Gasteiger partial charge in [0.2, 0.25) is 0 Å². The maximum atomic E-state index is 13.4. The number of urea groups is 1. The van der Waals surface area contributed by atoms with Gasteiger partial charge in [-0.3, -0.25) is 10.1 Å². The molecule has 2 aromatic rings. The first-order chi connectivity index (χ1) is 12.8. The molecule has 0 aliphatic heterocycles. The molecule has 2 N–H and O–H groups in total. The predicted octanol–water partition coefficient (Wildman–Crippen LogP) is 3.52. The molecule has 0 saturated carbocycles. The van der Waals surface area contributed by atoms with Crippen molar-refractivity contribution in [2.75, 3.05) is 11.9 Å². The van der Waals surface area contributed by atoms with Crippen LogP contribution in [0.15, 0.2) is 48.5 Å². The van der Waals surface area contributed by atoms with Gasteiger partial charge in [0.1, 0.15) is 11.6 Å². The van der Waals surface area contributed by atoms with Crippen LogP contribution >= 0.6 is 11.6 Å². The highest BCUT2D eigenvalue weighted by Crippen LogP contribution is 2.16. The summed E-state index contributed by atoms with van der Waals surface area (Å²) in [5, 5.41) is 3.92. The van der Waals surface area contributed by atoms with E-state index in [1.54, 1.807) is 0 Å². The van der Waals surface area contributed by atoms with Gasteiger partial charge in [-0.15, -0.1) is 0 Å². The number of anilines is 1. The molecule has 0 saturated heterocycles. The van der Waals surface area contributed by atoms with Crippen molar-refractivity contribution in [1.29, 1.82) is 0 Å². The second kappa shape index (κ2) is 9.44. The van der Waals surface area contributed by atoms with E-state index < -0.39 is 36.1 Å². The molecule has 0 bridgehead atoms. The predicted molar refractivity (Wildman–Crippen MR) is 95.0 cm³/mol. The lowest BCUT2D eigenvalue weighted by Crippen LogP contribution is -2.37. The van der Waals surface area contributed by atoms with Crippen LogP contribution in [-0.2, 0) is 14.3 Å². The molecule has 0 aromatic heterocycles. The number of carbonyl (C=O) groups excluding carboxylic acids is 3. The summed E-state index contributed by atoms with van der Waals surface area (Å²) >= 11 is 5.61. The van der Waals surface area contributed by atoms with Gasteiger partial charge in [0.25, 0.3) is 5.91 Å². The first-order valence-corrected chi connectivity index (χ1v) is 7.88. The zero-order chi connectivity index (χ0) is 19.8. The average Bonchev–Trinajstić information content (AvgIpc) is 2.63. The van der Waals surface area contributed by atoms with Gasteiger partial charge in [-0.2, -0.15) is 0 Å². The van der Waals surface area contributed by atoms with Gasteiger partial charge in [0, 0.05) is 6.08 Å². The number of hydrogen-bond donors (Lipinski definition) is 2. The van der Waals surface area contributed by atoms with Crippen LogP contribution in [-0.4, -0.2) is 24.5 Å². The summed E-state index contributed by atoms with van der Waals surface area (Å²) in [6.45, 7) is -0.724. The highest BCUT2D eigenvalue weighted by molar-refractivity contribution is 6.30. The zero-order valence-electron chi connectivity index (χ0n) is 13.7. The number of hydrogen-bond acceptors (Lipinski definition) is 4. The van der Waals surface area contributed by atoms with Gasteiger partial charge < -0.3 is 10.1 Å². The topological polar surface area (TPSA) is 84.5 Å². The minimum atomic E-state index is -0.974. The number of imide groups is 1. The first-order valence-electron chi connectivity index (χ1n) is 7.50. The molecule has 0 atom stereocenters. The van der Waals surface area contributed by atoms with Crippen molar-refractivity contribution >= 4 is 41.3 Å². The Morgan fingerprint density at radius 1 is 1.07 bits per heavy atom. The number of carbonyl (C=O) groups is 3. The summed E-state index contributed by atoms with van der Waals surface area (Å²) in [5.74, 6) is -3.03. The fraction of sp³-hybridized carbons (Fsp3) is 0.0556. The Labute approximate surface area is 157 Å². The van der Waals surface area contributed by atoms with Crippen LogP contribution in [0.2, 0.25) is 5.02 Å². The number of amides is 3. The molecule has 3 amide bonds. The third kappa shape index (κ3) is 6.52. The minimum Gasteiger partial charge on any atom is -0.452 e. The summed E-state index contributed by atoms with van der Waals surface area (Å²) in [6.07, 6.45) is 2.33. The quantitative estimate of drug-likeness (QED) is 0.600. The summed E-state index contributed by atoms with van der Waals surface area (Å²) in [7, 11) is 0. The molecule has 9 heteroatoms. The number of ether oxygens (including phenoxy) is 1. The van der Waals surface area contributed by atoms with Crippen LogP contribution in [0.4, 0.5) is 19.3 Å². The van der Waals surface area contributed by atoms with E-state index in [1.807, 2.05) is 5.32 Å². The molecule has 0 aliphatic carbocycles. The molecule has 0 fully saturated rings. The van der Waals surface area contributed by atoms with Crippen LogP contribution in [0, 0.1) is 11.6 Å².